The van der Waals surface area contributed by atoms with E-state index in [-0.39, 0.29) is 5.75 Å². The molecule has 2 atom stereocenters. The van der Waals surface area contributed by atoms with Crippen molar-refractivity contribution in [3.05, 3.63) is 29.8 Å². The second-order valence-electron chi connectivity index (χ2n) is 6.89. The molecule has 0 aromatic heterocycles. The predicted octanol–water partition coefficient (Wildman–Crippen LogP) is 2.66. The van der Waals surface area contributed by atoms with Gasteiger partial charge in [0.1, 0.15) is 0 Å². The van der Waals surface area contributed by atoms with Crippen molar-refractivity contribution in [1.82, 2.24) is 4.90 Å². The van der Waals surface area contributed by atoms with Crippen molar-refractivity contribution in [1.29, 1.82) is 0 Å². The number of ether oxygens (including phenoxy) is 1. The van der Waals surface area contributed by atoms with Gasteiger partial charge < -0.3 is 9.64 Å². The van der Waals surface area contributed by atoms with Crippen LogP contribution in [0.2, 0.25) is 0 Å². The van der Waals surface area contributed by atoms with Crippen LogP contribution in [0.3, 0.4) is 0 Å². The summed E-state index contributed by atoms with van der Waals surface area (Å²) in [6.45, 7) is 5.81. The Morgan fingerprint density at radius 3 is 3.00 bits per heavy atom. The summed E-state index contributed by atoms with van der Waals surface area (Å²) in [7, 11) is -3.16. The molecule has 1 aromatic rings. The highest BCUT2D eigenvalue weighted by Crippen LogP contribution is 2.28. The lowest BCUT2D eigenvalue weighted by Crippen LogP contribution is -2.46. The number of hydrogen-bond acceptors (Lipinski definition) is 4. The van der Waals surface area contributed by atoms with E-state index in [1.165, 1.54) is 6.42 Å². The molecule has 4 nitrogen and oxygen atoms in total. The van der Waals surface area contributed by atoms with Gasteiger partial charge in [-0.3, -0.25) is 0 Å². The van der Waals surface area contributed by atoms with Crippen LogP contribution in [0.1, 0.15) is 31.2 Å². The van der Waals surface area contributed by atoms with Gasteiger partial charge in [0.05, 0.1) is 16.8 Å². The highest BCUT2D eigenvalue weighted by Gasteiger charge is 2.31. The van der Waals surface area contributed by atoms with Crippen molar-refractivity contribution >= 4 is 9.84 Å². The molecule has 0 unspecified atom stereocenters. The first kappa shape index (κ1) is 16.9. The summed E-state index contributed by atoms with van der Waals surface area (Å²) >= 11 is 0. The van der Waals surface area contributed by atoms with Gasteiger partial charge in [0.15, 0.2) is 9.84 Å². The molecule has 2 aliphatic heterocycles. The van der Waals surface area contributed by atoms with E-state index in [2.05, 4.69) is 4.90 Å². The van der Waals surface area contributed by atoms with Crippen LogP contribution in [0, 0.1) is 12.8 Å². The summed E-state index contributed by atoms with van der Waals surface area (Å²) in [5, 5.41) is 0. The topological polar surface area (TPSA) is 46.6 Å². The third kappa shape index (κ3) is 4.34. The fourth-order valence-corrected chi connectivity index (χ4v) is 5.17. The maximum absolute atomic E-state index is 12.4. The predicted molar refractivity (Wildman–Crippen MR) is 91.4 cm³/mol. The Bertz CT molecular complexity index is 629. The molecule has 0 radical (unpaired) electrons. The molecule has 0 bridgehead atoms. The van der Waals surface area contributed by atoms with Gasteiger partial charge in [-0.15, -0.1) is 0 Å². The van der Waals surface area contributed by atoms with Crippen molar-refractivity contribution in [3.8, 4) is 0 Å². The molecule has 0 aliphatic carbocycles. The number of benzene rings is 1. The SMILES string of the molecule is Cc1cccc(S(=O)(=O)CCCN2CC[C@@H]3OCCC[C@H]3C2)c1. The van der Waals surface area contributed by atoms with Crippen molar-refractivity contribution in [2.45, 2.75) is 43.6 Å². The van der Waals surface area contributed by atoms with Crippen LogP contribution >= 0.6 is 0 Å². The molecule has 0 spiro atoms. The normalized spacial score (nSPS) is 26.0. The minimum absolute atomic E-state index is 0.234. The van der Waals surface area contributed by atoms with Crippen LogP contribution < -0.4 is 0 Å². The Balaban J connectivity index is 1.49. The van der Waals surface area contributed by atoms with Crippen LogP contribution in [0.5, 0.6) is 0 Å². The lowest BCUT2D eigenvalue weighted by molar-refractivity contribution is -0.0660. The van der Waals surface area contributed by atoms with Gasteiger partial charge >= 0.3 is 0 Å². The molecule has 2 saturated heterocycles. The van der Waals surface area contributed by atoms with Crippen molar-refractivity contribution in [2.24, 2.45) is 5.92 Å². The van der Waals surface area contributed by atoms with E-state index >= 15 is 0 Å². The van der Waals surface area contributed by atoms with E-state index in [4.69, 9.17) is 4.74 Å². The molecule has 23 heavy (non-hydrogen) atoms. The summed E-state index contributed by atoms with van der Waals surface area (Å²) in [4.78, 5) is 2.87. The number of nitrogens with zero attached hydrogens (tertiary/aromatic N) is 1. The van der Waals surface area contributed by atoms with Crippen LogP contribution in [0.25, 0.3) is 0 Å². The molecule has 0 saturated carbocycles. The fourth-order valence-electron chi connectivity index (χ4n) is 3.77. The van der Waals surface area contributed by atoms with Gasteiger partial charge in [-0.05, 0) is 62.8 Å². The average molecular weight is 337 g/mol. The lowest BCUT2D eigenvalue weighted by atomic mass is 9.88. The first-order chi connectivity index (χ1) is 11.0. The van der Waals surface area contributed by atoms with Gasteiger partial charge in [0.25, 0.3) is 0 Å². The van der Waals surface area contributed by atoms with E-state index in [0.717, 1.165) is 44.6 Å². The first-order valence-corrected chi connectivity index (χ1v) is 10.3. The molecule has 2 fully saturated rings. The fraction of sp³-hybridized carbons (Fsp3) is 0.667. The third-order valence-corrected chi connectivity index (χ3v) is 6.83. The average Bonchev–Trinajstić information content (AvgIpc) is 2.54. The quantitative estimate of drug-likeness (QED) is 0.829. The Labute approximate surface area is 139 Å². The summed E-state index contributed by atoms with van der Waals surface area (Å²) in [5.74, 6) is 0.878. The highest BCUT2D eigenvalue weighted by molar-refractivity contribution is 7.91. The Morgan fingerprint density at radius 2 is 2.17 bits per heavy atom. The van der Waals surface area contributed by atoms with E-state index in [9.17, 15) is 8.42 Å². The van der Waals surface area contributed by atoms with E-state index < -0.39 is 9.84 Å². The van der Waals surface area contributed by atoms with Crippen LogP contribution in [0.15, 0.2) is 29.2 Å². The van der Waals surface area contributed by atoms with Gasteiger partial charge in [-0.2, -0.15) is 0 Å². The monoisotopic (exact) mass is 337 g/mol. The zero-order valence-corrected chi connectivity index (χ0v) is 14.7. The Hall–Kier alpha value is -0.910. The summed E-state index contributed by atoms with van der Waals surface area (Å²) in [5.41, 5.74) is 0.991. The molecule has 0 amide bonds. The zero-order chi connectivity index (χ0) is 16.3. The molecular formula is C18H27NO3S. The molecule has 3 rings (SSSR count). The van der Waals surface area contributed by atoms with Crippen LogP contribution in [-0.2, 0) is 14.6 Å². The summed E-state index contributed by atoms with van der Waals surface area (Å²) in [6.07, 6.45) is 4.65. The number of aryl methyl sites for hydroxylation is 1. The minimum atomic E-state index is -3.16. The van der Waals surface area contributed by atoms with Gasteiger partial charge in [-0.25, -0.2) is 8.42 Å². The molecule has 5 heteroatoms. The van der Waals surface area contributed by atoms with Crippen LogP contribution in [0.4, 0.5) is 0 Å². The molecule has 1 aromatic carbocycles. The van der Waals surface area contributed by atoms with Gasteiger partial charge in [0, 0.05) is 19.7 Å². The number of likely N-dealkylation sites (tertiary alicyclic amines) is 1. The standard InChI is InChI=1S/C18H27NO3S/c1-15-5-2-7-17(13-15)23(20,21)12-4-9-19-10-8-18-16(14-19)6-3-11-22-18/h2,5,7,13,16,18H,3-4,6,8-12,14H2,1H3/t16-,18-/m0/s1. The van der Waals surface area contributed by atoms with Gasteiger partial charge in [0.2, 0.25) is 0 Å². The van der Waals surface area contributed by atoms with Crippen molar-refractivity contribution < 1.29 is 13.2 Å². The molecule has 2 aliphatic rings. The van der Waals surface area contributed by atoms with E-state index in [1.54, 1.807) is 12.1 Å². The number of fused-ring (bicyclic) bond motifs is 1. The van der Waals surface area contributed by atoms with Crippen molar-refractivity contribution in [3.63, 3.8) is 0 Å². The largest absolute Gasteiger partial charge is 0.378 e. The number of piperidine rings is 1. The molecular weight excluding hydrogens is 310 g/mol. The van der Waals surface area contributed by atoms with Crippen molar-refractivity contribution in [2.75, 3.05) is 32.0 Å². The summed E-state index contributed by atoms with van der Waals surface area (Å²) in [6, 6.07) is 7.21. The molecule has 128 valence electrons. The molecule has 2 heterocycles. The maximum Gasteiger partial charge on any atom is 0.178 e. The van der Waals surface area contributed by atoms with Gasteiger partial charge in [-0.1, -0.05) is 12.1 Å². The Kier molecular flexibility index (Phi) is 5.39. The second kappa shape index (κ2) is 7.32. The minimum Gasteiger partial charge on any atom is -0.378 e. The Morgan fingerprint density at radius 1 is 1.30 bits per heavy atom. The first-order valence-electron chi connectivity index (χ1n) is 8.68. The highest BCUT2D eigenvalue weighted by atomic mass is 32.2. The zero-order valence-electron chi connectivity index (χ0n) is 13.9. The summed E-state index contributed by atoms with van der Waals surface area (Å²) < 4.78 is 30.7. The number of sulfone groups is 1. The maximum atomic E-state index is 12.4. The smallest absolute Gasteiger partial charge is 0.178 e. The molecule has 0 N–H and O–H groups in total. The van der Waals surface area contributed by atoms with E-state index in [0.29, 0.717) is 23.3 Å². The lowest BCUT2D eigenvalue weighted by Gasteiger charge is -2.41. The second-order valence-corrected chi connectivity index (χ2v) is 9.00. The van der Waals surface area contributed by atoms with Crippen LogP contribution in [-0.4, -0.2) is 51.4 Å². The van der Waals surface area contributed by atoms with E-state index in [1.807, 2.05) is 19.1 Å². The number of rotatable bonds is 5. The third-order valence-electron chi connectivity index (χ3n) is 5.04. The number of hydrogen-bond donors (Lipinski definition) is 0.